The molecule has 1 saturated carbocycles. The fourth-order valence-corrected chi connectivity index (χ4v) is 3.48. The highest BCUT2D eigenvalue weighted by molar-refractivity contribution is 5.17. The minimum absolute atomic E-state index is 0.106. The van der Waals surface area contributed by atoms with E-state index in [0.717, 1.165) is 31.0 Å². The van der Waals surface area contributed by atoms with Crippen LogP contribution in [0.3, 0.4) is 0 Å². The van der Waals surface area contributed by atoms with Crippen molar-refractivity contribution >= 4 is 0 Å². The van der Waals surface area contributed by atoms with E-state index < -0.39 is 0 Å². The number of benzene rings is 1. The van der Waals surface area contributed by atoms with Crippen LogP contribution in [0.4, 0.5) is 4.39 Å². The molecule has 20 heavy (non-hydrogen) atoms. The van der Waals surface area contributed by atoms with Gasteiger partial charge in [0.15, 0.2) is 0 Å². The Hall–Kier alpha value is -0.890. The zero-order valence-electron chi connectivity index (χ0n) is 12.7. The van der Waals surface area contributed by atoms with Crippen LogP contribution in [0, 0.1) is 17.7 Å². The van der Waals surface area contributed by atoms with Crippen molar-refractivity contribution in [3.05, 3.63) is 35.6 Å². The normalized spacial score (nSPS) is 18.7. The molecule has 2 heteroatoms. The molecule has 2 rings (SSSR count). The van der Waals surface area contributed by atoms with Crippen LogP contribution < -0.4 is 5.32 Å². The SMILES string of the molecule is CCNCC(Cc1cccc(F)c1)C1CCCCCC1. The molecule has 1 N–H and O–H groups in total. The molecule has 0 radical (unpaired) electrons. The van der Waals surface area contributed by atoms with Crippen molar-refractivity contribution in [1.29, 1.82) is 0 Å². The maximum Gasteiger partial charge on any atom is 0.123 e. The molecular formula is C18H28FN. The third-order valence-electron chi connectivity index (χ3n) is 4.61. The Morgan fingerprint density at radius 1 is 1.20 bits per heavy atom. The smallest absolute Gasteiger partial charge is 0.123 e. The molecule has 0 heterocycles. The van der Waals surface area contributed by atoms with Gasteiger partial charge in [-0.3, -0.25) is 0 Å². The lowest BCUT2D eigenvalue weighted by molar-refractivity contribution is 0.286. The van der Waals surface area contributed by atoms with Crippen molar-refractivity contribution in [2.45, 2.75) is 51.9 Å². The Balaban J connectivity index is 2.01. The first-order chi connectivity index (χ1) is 9.79. The molecule has 1 aliphatic carbocycles. The number of hydrogen-bond acceptors (Lipinski definition) is 1. The van der Waals surface area contributed by atoms with E-state index in [0.29, 0.717) is 5.92 Å². The summed E-state index contributed by atoms with van der Waals surface area (Å²) in [5, 5.41) is 3.51. The number of rotatable bonds is 6. The molecule has 0 aliphatic heterocycles. The quantitative estimate of drug-likeness (QED) is 0.751. The first kappa shape index (κ1) is 15.5. The second-order valence-electron chi connectivity index (χ2n) is 6.15. The molecule has 0 bridgehead atoms. The summed E-state index contributed by atoms with van der Waals surface area (Å²) in [5.41, 5.74) is 1.15. The van der Waals surface area contributed by atoms with Crippen LogP contribution in [-0.2, 0) is 6.42 Å². The van der Waals surface area contributed by atoms with Gasteiger partial charge in [-0.2, -0.15) is 0 Å². The van der Waals surface area contributed by atoms with Crippen LogP contribution in [0.1, 0.15) is 51.0 Å². The summed E-state index contributed by atoms with van der Waals surface area (Å²) >= 11 is 0. The number of hydrogen-bond donors (Lipinski definition) is 1. The van der Waals surface area contributed by atoms with E-state index >= 15 is 0 Å². The van der Waals surface area contributed by atoms with E-state index in [2.05, 4.69) is 18.3 Å². The maximum absolute atomic E-state index is 13.4. The summed E-state index contributed by atoms with van der Waals surface area (Å²) in [4.78, 5) is 0. The summed E-state index contributed by atoms with van der Waals surface area (Å²) in [6, 6.07) is 7.14. The van der Waals surface area contributed by atoms with Crippen molar-refractivity contribution in [2.24, 2.45) is 11.8 Å². The van der Waals surface area contributed by atoms with Crippen LogP contribution in [0.25, 0.3) is 0 Å². The molecular weight excluding hydrogens is 249 g/mol. The average Bonchev–Trinajstić information content (AvgIpc) is 2.72. The van der Waals surface area contributed by atoms with Gasteiger partial charge in [0.05, 0.1) is 0 Å². The van der Waals surface area contributed by atoms with E-state index in [9.17, 15) is 4.39 Å². The van der Waals surface area contributed by atoms with Gasteiger partial charge in [0, 0.05) is 0 Å². The van der Waals surface area contributed by atoms with Gasteiger partial charge in [-0.25, -0.2) is 4.39 Å². The highest BCUT2D eigenvalue weighted by Crippen LogP contribution is 2.31. The molecule has 1 nitrogen and oxygen atoms in total. The van der Waals surface area contributed by atoms with Gasteiger partial charge in [-0.05, 0) is 49.0 Å². The summed E-state index contributed by atoms with van der Waals surface area (Å²) in [6.45, 7) is 4.25. The van der Waals surface area contributed by atoms with Gasteiger partial charge in [0.1, 0.15) is 5.82 Å². The molecule has 0 aromatic heterocycles. The number of nitrogens with one attached hydrogen (secondary N) is 1. The largest absolute Gasteiger partial charge is 0.317 e. The Labute approximate surface area is 123 Å². The Kier molecular flexibility index (Phi) is 6.52. The molecule has 1 unspecified atom stereocenters. The lowest BCUT2D eigenvalue weighted by Crippen LogP contribution is -2.29. The highest BCUT2D eigenvalue weighted by Gasteiger charge is 2.22. The molecule has 112 valence electrons. The summed E-state index contributed by atoms with van der Waals surface area (Å²) in [5.74, 6) is 1.35. The fraction of sp³-hybridized carbons (Fsp3) is 0.667. The van der Waals surface area contributed by atoms with Gasteiger partial charge in [-0.15, -0.1) is 0 Å². The second kappa shape index (κ2) is 8.41. The van der Waals surface area contributed by atoms with Crippen molar-refractivity contribution in [3.8, 4) is 0 Å². The van der Waals surface area contributed by atoms with Gasteiger partial charge < -0.3 is 5.32 Å². The molecule has 1 atom stereocenters. The maximum atomic E-state index is 13.4. The van der Waals surface area contributed by atoms with Crippen molar-refractivity contribution in [2.75, 3.05) is 13.1 Å². The van der Waals surface area contributed by atoms with Gasteiger partial charge in [0.2, 0.25) is 0 Å². The summed E-state index contributed by atoms with van der Waals surface area (Å²) in [6.07, 6.45) is 9.24. The molecule has 0 spiro atoms. The van der Waals surface area contributed by atoms with Crippen LogP contribution >= 0.6 is 0 Å². The Morgan fingerprint density at radius 2 is 1.95 bits per heavy atom. The zero-order chi connectivity index (χ0) is 14.2. The first-order valence-corrected chi connectivity index (χ1v) is 8.24. The lowest BCUT2D eigenvalue weighted by Gasteiger charge is -2.26. The van der Waals surface area contributed by atoms with Gasteiger partial charge in [-0.1, -0.05) is 57.6 Å². The topological polar surface area (TPSA) is 12.0 Å². The minimum Gasteiger partial charge on any atom is -0.317 e. The van der Waals surface area contributed by atoms with E-state index in [1.54, 1.807) is 6.07 Å². The Bertz CT molecular complexity index is 383. The summed E-state index contributed by atoms with van der Waals surface area (Å²) in [7, 11) is 0. The van der Waals surface area contributed by atoms with E-state index in [1.165, 1.54) is 44.6 Å². The lowest BCUT2D eigenvalue weighted by atomic mass is 9.82. The van der Waals surface area contributed by atoms with E-state index in [-0.39, 0.29) is 5.82 Å². The second-order valence-corrected chi connectivity index (χ2v) is 6.15. The van der Waals surface area contributed by atoms with Gasteiger partial charge in [0.25, 0.3) is 0 Å². The fourth-order valence-electron chi connectivity index (χ4n) is 3.48. The van der Waals surface area contributed by atoms with Crippen LogP contribution in [0.15, 0.2) is 24.3 Å². The minimum atomic E-state index is -0.106. The Morgan fingerprint density at radius 3 is 2.60 bits per heavy atom. The van der Waals surface area contributed by atoms with E-state index in [4.69, 9.17) is 0 Å². The van der Waals surface area contributed by atoms with Gasteiger partial charge >= 0.3 is 0 Å². The standard InChI is InChI=1S/C18H28FN/c1-2-20-14-17(16-9-5-3-4-6-10-16)12-15-8-7-11-18(19)13-15/h7-8,11,13,16-17,20H,2-6,9-10,12,14H2,1H3. The van der Waals surface area contributed by atoms with Crippen molar-refractivity contribution in [1.82, 2.24) is 5.32 Å². The first-order valence-electron chi connectivity index (χ1n) is 8.24. The predicted octanol–water partition coefficient (Wildman–Crippen LogP) is 4.56. The molecule has 1 aromatic rings. The van der Waals surface area contributed by atoms with Crippen molar-refractivity contribution in [3.63, 3.8) is 0 Å². The number of halogens is 1. The third kappa shape index (κ3) is 4.90. The zero-order valence-corrected chi connectivity index (χ0v) is 12.7. The van der Waals surface area contributed by atoms with E-state index in [1.807, 2.05) is 6.07 Å². The molecule has 1 aliphatic rings. The summed E-state index contributed by atoms with van der Waals surface area (Å²) < 4.78 is 13.4. The van der Waals surface area contributed by atoms with Crippen LogP contribution in [0.2, 0.25) is 0 Å². The van der Waals surface area contributed by atoms with Crippen LogP contribution in [0.5, 0.6) is 0 Å². The van der Waals surface area contributed by atoms with Crippen molar-refractivity contribution < 1.29 is 4.39 Å². The third-order valence-corrected chi connectivity index (χ3v) is 4.61. The molecule has 1 fully saturated rings. The highest BCUT2D eigenvalue weighted by atomic mass is 19.1. The van der Waals surface area contributed by atoms with Crippen LogP contribution in [-0.4, -0.2) is 13.1 Å². The average molecular weight is 277 g/mol. The predicted molar refractivity (Wildman–Crippen MR) is 83.3 cm³/mol. The molecule has 1 aromatic carbocycles. The molecule has 0 amide bonds. The molecule has 0 saturated heterocycles. The monoisotopic (exact) mass is 277 g/mol.